The molecule has 25 heavy (non-hydrogen) atoms. The lowest BCUT2D eigenvalue weighted by Crippen LogP contribution is -2.20. The molecule has 1 aromatic heterocycles. The van der Waals surface area contributed by atoms with Crippen LogP contribution in [0, 0.1) is 0 Å². The van der Waals surface area contributed by atoms with Gasteiger partial charge in [-0.3, -0.25) is 9.13 Å². The predicted molar refractivity (Wildman–Crippen MR) is 88.4 cm³/mol. The van der Waals surface area contributed by atoms with Gasteiger partial charge in [0.1, 0.15) is 11.5 Å². The first-order valence-electron chi connectivity index (χ1n) is 7.05. The van der Waals surface area contributed by atoms with Crippen LogP contribution in [0.1, 0.15) is 11.3 Å². The molecule has 2 aromatic rings. The summed E-state index contributed by atoms with van der Waals surface area (Å²) < 4.78 is 32.5. The van der Waals surface area contributed by atoms with Gasteiger partial charge in [0.15, 0.2) is 5.82 Å². The van der Waals surface area contributed by atoms with Crippen LogP contribution in [-0.2, 0) is 22.0 Å². The molecular formula is C13H18N2O8P2. The highest BCUT2D eigenvalue weighted by atomic mass is 31.2. The summed E-state index contributed by atoms with van der Waals surface area (Å²) >= 11 is 0. The van der Waals surface area contributed by atoms with Crippen LogP contribution in [0.15, 0.2) is 34.9 Å². The van der Waals surface area contributed by atoms with Crippen molar-refractivity contribution in [2.24, 2.45) is 0 Å². The smallest absolute Gasteiger partial charge is 0.360 e. The molecule has 0 aliphatic heterocycles. The van der Waals surface area contributed by atoms with Crippen LogP contribution in [0.4, 0.5) is 5.82 Å². The van der Waals surface area contributed by atoms with Crippen molar-refractivity contribution in [3.05, 3.63) is 41.7 Å². The second-order valence-corrected chi connectivity index (χ2v) is 9.02. The van der Waals surface area contributed by atoms with E-state index in [-0.39, 0.29) is 5.82 Å². The maximum atomic E-state index is 11.2. The first-order chi connectivity index (χ1) is 11.6. The van der Waals surface area contributed by atoms with E-state index in [9.17, 15) is 9.13 Å². The predicted octanol–water partition coefficient (Wildman–Crippen LogP) is 1.52. The number of methoxy groups -OCH3 is 1. The first-order valence-corrected chi connectivity index (χ1v) is 10.4. The number of benzene rings is 1. The molecule has 0 atom stereocenters. The third kappa shape index (κ3) is 5.67. The minimum absolute atomic E-state index is 0.165. The fourth-order valence-corrected chi connectivity index (χ4v) is 4.22. The first kappa shape index (κ1) is 19.7. The van der Waals surface area contributed by atoms with Gasteiger partial charge in [0.2, 0.25) is 5.52 Å². The number of aryl methyl sites for hydroxylation is 2. The number of aromatic nitrogens is 1. The Labute approximate surface area is 143 Å². The van der Waals surface area contributed by atoms with E-state index in [0.717, 1.165) is 11.3 Å². The molecule has 12 heteroatoms. The van der Waals surface area contributed by atoms with E-state index in [2.05, 4.69) is 5.16 Å². The van der Waals surface area contributed by atoms with Crippen LogP contribution < -0.4 is 10.1 Å². The third-order valence-corrected chi connectivity index (χ3v) is 6.63. The summed E-state index contributed by atoms with van der Waals surface area (Å²) in [6.45, 7) is 0. The summed E-state index contributed by atoms with van der Waals surface area (Å²) in [5, 5.41) is 5.57. The zero-order valence-corrected chi connectivity index (χ0v) is 14.9. The molecule has 0 unspecified atom stereocenters. The highest BCUT2D eigenvalue weighted by Gasteiger charge is 2.44. The number of rotatable bonds is 8. The lowest BCUT2D eigenvalue weighted by Gasteiger charge is -2.19. The van der Waals surface area contributed by atoms with Gasteiger partial charge >= 0.3 is 15.2 Å². The fourth-order valence-electron chi connectivity index (χ4n) is 2.05. The Hall–Kier alpha value is -1.67. The second-order valence-electron chi connectivity index (χ2n) is 5.22. The molecule has 1 heterocycles. The molecule has 0 bridgehead atoms. The van der Waals surface area contributed by atoms with E-state index in [4.69, 9.17) is 28.8 Å². The lowest BCUT2D eigenvalue weighted by molar-refractivity contribution is 0.342. The maximum Gasteiger partial charge on any atom is 0.360 e. The van der Waals surface area contributed by atoms with Crippen molar-refractivity contribution in [1.29, 1.82) is 0 Å². The van der Waals surface area contributed by atoms with E-state index >= 15 is 0 Å². The van der Waals surface area contributed by atoms with Crippen LogP contribution in [0.5, 0.6) is 5.75 Å². The Bertz CT molecular complexity index is 773. The number of nitrogens with zero attached hydrogens (tertiary/aromatic N) is 1. The number of anilines is 1. The van der Waals surface area contributed by atoms with Crippen LogP contribution in [-0.4, -0.2) is 37.4 Å². The molecule has 0 saturated carbocycles. The number of hydrogen-bond donors (Lipinski definition) is 5. The van der Waals surface area contributed by atoms with Gasteiger partial charge < -0.3 is 34.2 Å². The standard InChI is InChI=1S/C13H18N2O8P2/c1-22-10-5-2-9(3-6-10)4-7-11-8-12(15-23-11)14-13(24(16,17)18)25(19,20)21/h2-3,5-6,8,13H,4,7H2,1H3,(H,14,15)(H2,16,17,18)(H2,19,20,21). The largest absolute Gasteiger partial charge is 0.497 e. The van der Waals surface area contributed by atoms with Gasteiger partial charge in [0, 0.05) is 12.5 Å². The van der Waals surface area contributed by atoms with Gasteiger partial charge in [-0.2, -0.15) is 0 Å². The molecule has 1 aromatic carbocycles. The average Bonchev–Trinajstić information content (AvgIpc) is 2.97. The number of nitrogens with one attached hydrogen (secondary N) is 1. The molecule has 0 saturated heterocycles. The zero-order chi connectivity index (χ0) is 18.7. The Morgan fingerprint density at radius 1 is 1.12 bits per heavy atom. The fraction of sp³-hybridized carbons (Fsp3) is 0.308. The molecule has 0 spiro atoms. The van der Waals surface area contributed by atoms with Crippen LogP contribution in [0.3, 0.4) is 0 Å². The van der Waals surface area contributed by atoms with Crippen molar-refractivity contribution in [2.45, 2.75) is 18.4 Å². The zero-order valence-electron chi connectivity index (χ0n) is 13.1. The molecule has 138 valence electrons. The van der Waals surface area contributed by atoms with Gasteiger partial charge in [0.05, 0.1) is 7.11 Å². The summed E-state index contributed by atoms with van der Waals surface area (Å²) in [7, 11) is -8.61. The van der Waals surface area contributed by atoms with Gasteiger partial charge in [-0.05, 0) is 24.1 Å². The molecular weight excluding hydrogens is 374 g/mol. The monoisotopic (exact) mass is 392 g/mol. The Morgan fingerprint density at radius 2 is 1.72 bits per heavy atom. The summed E-state index contributed by atoms with van der Waals surface area (Å²) in [6, 6.07) is 8.72. The molecule has 0 fully saturated rings. The molecule has 10 nitrogen and oxygen atoms in total. The Kier molecular flexibility index (Phi) is 6.05. The second kappa shape index (κ2) is 7.70. The normalized spacial score (nSPS) is 12.4. The van der Waals surface area contributed by atoms with E-state index in [1.807, 2.05) is 29.6 Å². The summed E-state index contributed by atoms with van der Waals surface area (Å²) in [5.41, 5.74) is -1.37. The van der Waals surface area contributed by atoms with Crippen molar-refractivity contribution in [3.63, 3.8) is 0 Å². The molecule has 5 N–H and O–H groups in total. The van der Waals surface area contributed by atoms with Crippen molar-refractivity contribution < 1.29 is 38.0 Å². The van der Waals surface area contributed by atoms with E-state index in [1.54, 1.807) is 7.11 Å². The van der Waals surface area contributed by atoms with Gasteiger partial charge in [-0.25, -0.2) is 0 Å². The molecule has 0 aliphatic rings. The number of ether oxygens (including phenoxy) is 1. The quantitative estimate of drug-likeness (QED) is 0.416. The van der Waals surface area contributed by atoms with Crippen molar-refractivity contribution in [1.82, 2.24) is 5.16 Å². The lowest BCUT2D eigenvalue weighted by atomic mass is 10.1. The molecule has 2 rings (SSSR count). The SMILES string of the molecule is COc1ccc(CCc2cc(NC(P(=O)(O)O)P(=O)(O)O)no2)cc1. The van der Waals surface area contributed by atoms with E-state index < -0.39 is 20.7 Å². The van der Waals surface area contributed by atoms with Crippen LogP contribution >= 0.6 is 15.2 Å². The summed E-state index contributed by atoms with van der Waals surface area (Å²) in [6.07, 6.45) is 1.05. The van der Waals surface area contributed by atoms with E-state index in [1.165, 1.54) is 6.07 Å². The Balaban J connectivity index is 2.01. The van der Waals surface area contributed by atoms with Crippen molar-refractivity contribution in [2.75, 3.05) is 12.4 Å². The third-order valence-electron chi connectivity index (χ3n) is 3.29. The molecule has 0 radical (unpaired) electrons. The average molecular weight is 392 g/mol. The van der Waals surface area contributed by atoms with Crippen molar-refractivity contribution >= 4 is 21.0 Å². The van der Waals surface area contributed by atoms with Crippen LogP contribution in [0.2, 0.25) is 0 Å². The van der Waals surface area contributed by atoms with E-state index in [0.29, 0.717) is 18.6 Å². The Morgan fingerprint density at radius 3 is 2.24 bits per heavy atom. The molecule has 0 amide bonds. The van der Waals surface area contributed by atoms with Gasteiger partial charge in [0.25, 0.3) is 0 Å². The summed E-state index contributed by atoms with van der Waals surface area (Å²) in [5.74, 6) is 0.964. The van der Waals surface area contributed by atoms with Crippen molar-refractivity contribution in [3.8, 4) is 5.75 Å². The maximum absolute atomic E-state index is 11.2. The highest BCUT2D eigenvalue weighted by molar-refractivity contribution is 7.71. The number of hydrogen-bond acceptors (Lipinski definition) is 6. The van der Waals surface area contributed by atoms with Crippen LogP contribution in [0.25, 0.3) is 0 Å². The minimum Gasteiger partial charge on any atom is -0.497 e. The van der Waals surface area contributed by atoms with Gasteiger partial charge in [-0.15, -0.1) is 0 Å². The summed E-state index contributed by atoms with van der Waals surface area (Å²) in [4.78, 5) is 36.3. The highest BCUT2D eigenvalue weighted by Crippen LogP contribution is 2.59. The topological polar surface area (TPSA) is 162 Å². The minimum atomic E-state index is -5.09. The van der Waals surface area contributed by atoms with Gasteiger partial charge in [-0.1, -0.05) is 17.3 Å². The molecule has 0 aliphatic carbocycles.